The van der Waals surface area contributed by atoms with Crippen molar-refractivity contribution in [1.29, 1.82) is 0 Å². The molecule has 1 aromatic rings. The summed E-state index contributed by atoms with van der Waals surface area (Å²) in [6.45, 7) is 8.70. The topological polar surface area (TPSA) is 12.4 Å². The van der Waals surface area contributed by atoms with Crippen molar-refractivity contribution in [1.82, 2.24) is 0 Å². The zero-order valence-corrected chi connectivity index (χ0v) is 10.1. The van der Waals surface area contributed by atoms with Crippen molar-refractivity contribution >= 4 is 5.69 Å². The van der Waals surface area contributed by atoms with E-state index in [0.717, 1.165) is 5.69 Å². The summed E-state index contributed by atoms with van der Waals surface area (Å²) in [6.07, 6.45) is 0. The molecule has 0 aliphatic rings. The maximum atomic E-state index is 4.56. The molecule has 2 heteroatoms. The molecule has 0 saturated carbocycles. The van der Waals surface area contributed by atoms with Gasteiger partial charge in [-0.15, -0.1) is 0 Å². The Morgan fingerprint density at radius 2 is 1.43 bits per heavy atom. The van der Waals surface area contributed by atoms with Crippen LogP contribution < -0.4 is 0 Å². The van der Waals surface area contributed by atoms with Crippen LogP contribution in [0.4, 0.5) is 5.69 Å². The number of nitrogens with zero attached hydrogens (tertiary/aromatic N) is 1. The Bertz CT molecular complexity index is 303. The van der Waals surface area contributed by atoms with Gasteiger partial charge in [-0.2, -0.15) is 0 Å². The summed E-state index contributed by atoms with van der Waals surface area (Å²) in [6, 6.07) is 6.34. The molecule has 0 radical (unpaired) electrons. The number of hydrogen-bond donors (Lipinski definition) is 0. The molecule has 0 aliphatic carbocycles. The molecule has 14 heavy (non-hydrogen) atoms. The van der Waals surface area contributed by atoms with Gasteiger partial charge in [0.05, 0.1) is 0 Å². The van der Waals surface area contributed by atoms with E-state index < -0.39 is 0 Å². The molecule has 0 unspecified atom stereocenters. The molecule has 1 rings (SSSR count). The molecule has 0 spiro atoms. The van der Waals surface area contributed by atoms with E-state index in [9.17, 15) is 0 Å². The molecule has 0 atom stereocenters. The Morgan fingerprint density at radius 1 is 1.00 bits per heavy atom. The molecule has 0 N–H and O–H groups in total. The van der Waals surface area contributed by atoms with Crippen LogP contribution in [-0.2, 0) is 15.3 Å². The summed E-state index contributed by atoms with van der Waals surface area (Å²) in [7, 11) is 0. The average Bonchev–Trinajstić information content (AvgIpc) is 2.16. The minimum atomic E-state index is 0.489. The second kappa shape index (κ2) is 4.84. The molecule has 0 bridgehead atoms. The predicted octanol–water partition coefficient (Wildman–Crippen LogP) is 4.30. The van der Waals surface area contributed by atoms with Crippen LogP contribution in [0.15, 0.2) is 22.2 Å². The summed E-state index contributed by atoms with van der Waals surface area (Å²) in [5.74, 6) is 0.977. The zero-order valence-electron chi connectivity index (χ0n) is 9.15. The van der Waals surface area contributed by atoms with Crippen molar-refractivity contribution in [2.24, 2.45) is 4.03 Å². The van der Waals surface area contributed by atoms with Gasteiger partial charge >= 0.3 is 93.8 Å². The normalized spacial score (nSPS) is 11.1. The summed E-state index contributed by atoms with van der Waals surface area (Å²) >= 11 is 4.56. The van der Waals surface area contributed by atoms with Crippen molar-refractivity contribution < 1.29 is 15.3 Å². The molecule has 0 saturated heterocycles. The third-order valence-electron chi connectivity index (χ3n) is 2.41. The van der Waals surface area contributed by atoms with Gasteiger partial charge in [0.15, 0.2) is 0 Å². The summed E-state index contributed by atoms with van der Waals surface area (Å²) in [5, 5.41) is 0. The average molecular weight is 234 g/mol. The fourth-order valence-corrected chi connectivity index (χ4v) is 1.85. The second-order valence-corrected chi connectivity index (χ2v) is 4.39. The number of rotatable bonds is 3. The van der Waals surface area contributed by atoms with Crippen molar-refractivity contribution in [2.45, 2.75) is 39.5 Å². The molecule has 0 heterocycles. The van der Waals surface area contributed by atoms with Crippen LogP contribution >= 0.6 is 0 Å². The molecule has 0 aliphatic heterocycles. The van der Waals surface area contributed by atoms with E-state index in [4.69, 9.17) is 0 Å². The monoisotopic (exact) mass is 233 g/mol. The predicted molar refractivity (Wildman–Crippen MR) is 56.7 cm³/mol. The Kier molecular flexibility index (Phi) is 4.01. The Labute approximate surface area is 94.1 Å². The van der Waals surface area contributed by atoms with Gasteiger partial charge in [-0.25, -0.2) is 0 Å². The fourth-order valence-electron chi connectivity index (χ4n) is 1.59. The van der Waals surface area contributed by atoms with Gasteiger partial charge < -0.3 is 0 Å². The van der Waals surface area contributed by atoms with Crippen molar-refractivity contribution in [3.05, 3.63) is 29.3 Å². The molecular weight excluding hydrogens is 217 g/mol. The SMILES string of the molecule is CC(C)c1cccc(C(C)C)c1[N]=[Ni]. The van der Waals surface area contributed by atoms with E-state index in [-0.39, 0.29) is 0 Å². The summed E-state index contributed by atoms with van der Waals surface area (Å²) in [5.41, 5.74) is 3.56. The van der Waals surface area contributed by atoms with Gasteiger partial charge in [0.25, 0.3) is 0 Å². The Morgan fingerprint density at radius 3 is 1.71 bits per heavy atom. The van der Waals surface area contributed by atoms with Crippen molar-refractivity contribution in [3.63, 3.8) is 0 Å². The second-order valence-electron chi connectivity index (χ2n) is 4.17. The standard InChI is InChI=1S/C12H17N.Ni/c1-8(2)10-6-5-7-11(9(3)4)12(10)13;/h5-9H,1-4H3;. The molecule has 1 nitrogen and oxygen atoms in total. The van der Waals surface area contributed by atoms with Crippen LogP contribution in [0.25, 0.3) is 0 Å². The third kappa shape index (κ3) is 2.30. The Hall–Kier alpha value is -0.486. The van der Waals surface area contributed by atoms with Gasteiger partial charge in [-0.05, 0) is 0 Å². The van der Waals surface area contributed by atoms with Crippen molar-refractivity contribution in [3.8, 4) is 0 Å². The summed E-state index contributed by atoms with van der Waals surface area (Å²) < 4.78 is 4.04. The number of benzene rings is 1. The molecular formula is C12H17NNi. The van der Waals surface area contributed by atoms with E-state index >= 15 is 0 Å². The summed E-state index contributed by atoms with van der Waals surface area (Å²) in [4.78, 5) is 0. The van der Waals surface area contributed by atoms with E-state index in [1.54, 1.807) is 0 Å². The molecule has 0 fully saturated rings. The van der Waals surface area contributed by atoms with Crippen LogP contribution in [0.3, 0.4) is 0 Å². The molecule has 80 valence electrons. The van der Waals surface area contributed by atoms with Crippen LogP contribution in [0.5, 0.6) is 0 Å². The van der Waals surface area contributed by atoms with Gasteiger partial charge in [-0.3, -0.25) is 0 Å². The van der Waals surface area contributed by atoms with E-state index in [1.807, 2.05) is 0 Å². The quantitative estimate of drug-likeness (QED) is 0.691. The van der Waals surface area contributed by atoms with Crippen LogP contribution in [-0.4, -0.2) is 0 Å². The van der Waals surface area contributed by atoms with Crippen molar-refractivity contribution in [2.75, 3.05) is 0 Å². The van der Waals surface area contributed by atoms with Gasteiger partial charge in [0.2, 0.25) is 0 Å². The van der Waals surface area contributed by atoms with Gasteiger partial charge in [0.1, 0.15) is 0 Å². The van der Waals surface area contributed by atoms with E-state index in [1.165, 1.54) is 11.1 Å². The zero-order chi connectivity index (χ0) is 10.7. The molecule has 0 amide bonds. The van der Waals surface area contributed by atoms with E-state index in [2.05, 4.69) is 65.2 Å². The van der Waals surface area contributed by atoms with Gasteiger partial charge in [0, 0.05) is 0 Å². The Balaban J connectivity index is 3.32. The third-order valence-corrected chi connectivity index (χ3v) is 2.63. The maximum absolute atomic E-state index is 4.56. The minimum absolute atomic E-state index is 0.489. The van der Waals surface area contributed by atoms with Crippen LogP contribution in [0.1, 0.15) is 50.7 Å². The van der Waals surface area contributed by atoms with E-state index in [0.29, 0.717) is 11.8 Å². The molecule has 0 aromatic heterocycles. The van der Waals surface area contributed by atoms with Crippen LogP contribution in [0, 0.1) is 0 Å². The fraction of sp³-hybridized carbons (Fsp3) is 0.500. The molecule has 1 aromatic carbocycles. The number of hydrogen-bond acceptors (Lipinski definition) is 1. The first-order valence-electron chi connectivity index (χ1n) is 5.00. The first-order chi connectivity index (χ1) is 6.57. The van der Waals surface area contributed by atoms with Gasteiger partial charge in [-0.1, -0.05) is 0 Å². The first-order valence-corrected chi connectivity index (χ1v) is 5.44. The first kappa shape index (κ1) is 11.6. The van der Waals surface area contributed by atoms with Crippen LogP contribution in [0.2, 0.25) is 0 Å².